The van der Waals surface area contributed by atoms with Gasteiger partial charge in [-0.15, -0.1) is 11.3 Å². The van der Waals surface area contributed by atoms with Crippen LogP contribution in [0.15, 0.2) is 48.5 Å². The number of aliphatic hydroxyl groups is 1. The molecule has 0 saturated heterocycles. The fraction of sp³-hybridized carbons (Fsp3) is 0.238. The number of nitrogens with one attached hydrogen (secondary N) is 1. The average molecular weight is 380 g/mol. The summed E-state index contributed by atoms with van der Waals surface area (Å²) < 4.78 is 6.73. The maximum absolute atomic E-state index is 12.5. The summed E-state index contributed by atoms with van der Waals surface area (Å²) in [5, 5.41) is 22.6. The van der Waals surface area contributed by atoms with Crippen LogP contribution in [0.2, 0.25) is 0 Å². The predicted octanol–water partition coefficient (Wildman–Crippen LogP) is 4.42. The van der Waals surface area contributed by atoms with Crippen LogP contribution in [0, 0.1) is 16.7 Å². The molecule has 0 aliphatic carbocycles. The van der Waals surface area contributed by atoms with Gasteiger partial charge in [-0.05, 0) is 35.7 Å². The van der Waals surface area contributed by atoms with Crippen molar-refractivity contribution in [3.8, 4) is 11.8 Å². The molecule has 1 amide bonds. The zero-order chi connectivity index (χ0) is 19.4. The molecule has 0 bridgehead atoms. The quantitative estimate of drug-likeness (QED) is 0.663. The van der Waals surface area contributed by atoms with E-state index in [-0.39, 0.29) is 19.1 Å². The normalized spacial score (nSPS) is 11.2. The lowest BCUT2D eigenvalue weighted by Crippen LogP contribution is -2.25. The maximum atomic E-state index is 12.5. The first-order valence-corrected chi connectivity index (χ1v) is 9.31. The number of hydrogen-bond acceptors (Lipinski definition) is 5. The zero-order valence-corrected chi connectivity index (χ0v) is 16.0. The van der Waals surface area contributed by atoms with Crippen molar-refractivity contribution in [3.63, 3.8) is 0 Å². The van der Waals surface area contributed by atoms with E-state index in [1.54, 1.807) is 18.2 Å². The Morgan fingerprint density at radius 2 is 2.04 bits per heavy atom. The largest absolute Gasteiger partial charge is 0.492 e. The number of nitriles is 1. The molecule has 0 spiro atoms. The summed E-state index contributed by atoms with van der Waals surface area (Å²) in [6.07, 6.45) is 0. The van der Waals surface area contributed by atoms with Gasteiger partial charge in [0.05, 0.1) is 23.7 Å². The van der Waals surface area contributed by atoms with E-state index >= 15 is 0 Å². The standard InChI is InChI=1S/C21H20N2O3S/c1-21(2,12-24)13-26-17-8-7-16(9-15(17)11-22)23-20(25)19-10-14-5-3-4-6-18(14)27-19/h3-10,24H,12-13H2,1-2H3,(H,23,25). The number of aliphatic hydroxyl groups excluding tert-OH is 1. The number of rotatable bonds is 6. The van der Waals surface area contributed by atoms with Gasteiger partial charge in [-0.2, -0.15) is 5.26 Å². The summed E-state index contributed by atoms with van der Waals surface area (Å²) in [7, 11) is 0. The summed E-state index contributed by atoms with van der Waals surface area (Å²) in [6.45, 7) is 4.02. The Morgan fingerprint density at radius 3 is 2.74 bits per heavy atom. The summed E-state index contributed by atoms with van der Waals surface area (Å²) >= 11 is 1.43. The topological polar surface area (TPSA) is 82.3 Å². The predicted molar refractivity (Wildman–Crippen MR) is 107 cm³/mol. The number of benzene rings is 2. The molecule has 2 aromatic carbocycles. The first-order chi connectivity index (χ1) is 12.9. The van der Waals surface area contributed by atoms with Crippen LogP contribution in [0.3, 0.4) is 0 Å². The van der Waals surface area contributed by atoms with Crippen molar-refractivity contribution in [3.05, 3.63) is 59.0 Å². The molecule has 0 saturated carbocycles. The van der Waals surface area contributed by atoms with Crippen LogP contribution in [0.25, 0.3) is 10.1 Å². The van der Waals surface area contributed by atoms with Crippen LogP contribution < -0.4 is 10.1 Å². The van der Waals surface area contributed by atoms with Gasteiger partial charge in [0.1, 0.15) is 11.8 Å². The third kappa shape index (κ3) is 4.45. The molecule has 0 fully saturated rings. The van der Waals surface area contributed by atoms with Gasteiger partial charge >= 0.3 is 0 Å². The third-order valence-corrected chi connectivity index (χ3v) is 5.17. The van der Waals surface area contributed by atoms with Crippen molar-refractivity contribution in [1.29, 1.82) is 5.26 Å². The van der Waals surface area contributed by atoms with Gasteiger partial charge in [0.25, 0.3) is 5.91 Å². The van der Waals surface area contributed by atoms with Gasteiger partial charge in [-0.3, -0.25) is 4.79 Å². The number of anilines is 1. The van der Waals surface area contributed by atoms with Gasteiger partial charge < -0.3 is 15.2 Å². The molecule has 6 heteroatoms. The minimum Gasteiger partial charge on any atom is -0.492 e. The second kappa shape index (κ2) is 7.78. The molecular weight excluding hydrogens is 360 g/mol. The van der Waals surface area contributed by atoms with E-state index in [0.717, 1.165) is 10.1 Å². The number of carbonyl (C=O) groups excluding carboxylic acids is 1. The first kappa shape index (κ1) is 18.9. The summed E-state index contributed by atoms with van der Waals surface area (Å²) in [4.78, 5) is 13.1. The highest BCUT2D eigenvalue weighted by atomic mass is 32.1. The molecule has 0 aliphatic heterocycles. The zero-order valence-electron chi connectivity index (χ0n) is 15.2. The van der Waals surface area contributed by atoms with E-state index in [4.69, 9.17) is 4.74 Å². The number of carbonyl (C=O) groups is 1. The highest BCUT2D eigenvalue weighted by Gasteiger charge is 2.19. The lowest BCUT2D eigenvalue weighted by atomic mass is 9.96. The maximum Gasteiger partial charge on any atom is 0.265 e. The fourth-order valence-electron chi connectivity index (χ4n) is 2.43. The second-order valence-electron chi connectivity index (χ2n) is 7.04. The molecule has 0 aliphatic rings. The second-order valence-corrected chi connectivity index (χ2v) is 8.12. The lowest BCUT2D eigenvalue weighted by Gasteiger charge is -2.22. The Labute approximate surface area is 161 Å². The monoisotopic (exact) mass is 380 g/mol. The third-order valence-electron chi connectivity index (χ3n) is 4.05. The molecule has 0 radical (unpaired) electrons. The summed E-state index contributed by atoms with van der Waals surface area (Å²) in [6, 6.07) is 16.7. The number of fused-ring (bicyclic) bond motifs is 1. The van der Waals surface area contributed by atoms with Crippen LogP contribution in [0.1, 0.15) is 29.1 Å². The molecule has 0 unspecified atom stereocenters. The Balaban J connectivity index is 1.75. The van der Waals surface area contributed by atoms with Gasteiger partial charge in [0.15, 0.2) is 0 Å². The lowest BCUT2D eigenvalue weighted by molar-refractivity contribution is 0.0974. The highest BCUT2D eigenvalue weighted by Crippen LogP contribution is 2.28. The Hall–Kier alpha value is -2.88. The van der Waals surface area contributed by atoms with Crippen molar-refractivity contribution in [1.82, 2.24) is 0 Å². The molecule has 27 heavy (non-hydrogen) atoms. The van der Waals surface area contributed by atoms with E-state index in [1.807, 2.05) is 44.2 Å². The molecule has 2 N–H and O–H groups in total. The van der Waals surface area contributed by atoms with E-state index < -0.39 is 5.41 Å². The molecule has 0 atom stereocenters. The SMILES string of the molecule is CC(C)(CO)COc1ccc(NC(=O)c2cc3ccccc3s2)cc1C#N. The van der Waals surface area contributed by atoms with Crippen molar-refractivity contribution in [2.24, 2.45) is 5.41 Å². The molecule has 5 nitrogen and oxygen atoms in total. The number of ether oxygens (including phenoxy) is 1. The smallest absolute Gasteiger partial charge is 0.265 e. The molecule has 3 aromatic rings. The Bertz CT molecular complexity index is 985. The summed E-state index contributed by atoms with van der Waals surface area (Å²) in [5.74, 6) is 0.217. The van der Waals surface area contributed by atoms with Crippen molar-refractivity contribution < 1.29 is 14.6 Å². The fourth-order valence-corrected chi connectivity index (χ4v) is 3.38. The molecule has 1 heterocycles. The number of nitrogens with zero attached hydrogens (tertiary/aromatic N) is 1. The molecule has 138 valence electrons. The van der Waals surface area contributed by atoms with Crippen molar-refractivity contribution in [2.45, 2.75) is 13.8 Å². The van der Waals surface area contributed by atoms with Gasteiger partial charge in [0, 0.05) is 15.8 Å². The van der Waals surface area contributed by atoms with Crippen LogP contribution in [-0.4, -0.2) is 24.2 Å². The highest BCUT2D eigenvalue weighted by molar-refractivity contribution is 7.20. The van der Waals surface area contributed by atoms with E-state index in [2.05, 4.69) is 11.4 Å². The van der Waals surface area contributed by atoms with Gasteiger partial charge in [0.2, 0.25) is 0 Å². The Morgan fingerprint density at radius 1 is 1.26 bits per heavy atom. The number of amides is 1. The minimum absolute atomic E-state index is 0.0157. The Kier molecular flexibility index (Phi) is 5.45. The number of thiophene rings is 1. The first-order valence-electron chi connectivity index (χ1n) is 8.49. The van der Waals surface area contributed by atoms with E-state index in [9.17, 15) is 15.2 Å². The van der Waals surface area contributed by atoms with Crippen LogP contribution in [0.4, 0.5) is 5.69 Å². The van der Waals surface area contributed by atoms with Gasteiger partial charge in [-0.1, -0.05) is 32.0 Å². The number of hydrogen-bond donors (Lipinski definition) is 2. The molecular formula is C21H20N2O3S. The minimum atomic E-state index is -0.402. The van der Waals surface area contributed by atoms with E-state index in [0.29, 0.717) is 21.9 Å². The summed E-state index contributed by atoms with van der Waals surface area (Å²) in [5.41, 5.74) is 0.460. The van der Waals surface area contributed by atoms with Crippen molar-refractivity contribution in [2.75, 3.05) is 18.5 Å². The van der Waals surface area contributed by atoms with Gasteiger partial charge in [-0.25, -0.2) is 0 Å². The van der Waals surface area contributed by atoms with E-state index in [1.165, 1.54) is 11.3 Å². The molecule has 1 aromatic heterocycles. The molecule has 3 rings (SSSR count). The average Bonchev–Trinajstić information content (AvgIpc) is 3.11. The van der Waals surface area contributed by atoms with Crippen LogP contribution in [-0.2, 0) is 0 Å². The van der Waals surface area contributed by atoms with Crippen molar-refractivity contribution >= 4 is 33.0 Å². The van der Waals surface area contributed by atoms with Crippen LogP contribution >= 0.6 is 11.3 Å². The van der Waals surface area contributed by atoms with Crippen LogP contribution in [0.5, 0.6) is 5.75 Å².